The third-order valence-corrected chi connectivity index (χ3v) is 4.74. The number of hydrogen-bond donors (Lipinski definition) is 1. The number of halogens is 3. The average molecular weight is 450 g/mol. The molecule has 11 heteroatoms. The number of nitrogens with zero attached hydrogens (tertiary/aromatic N) is 3. The summed E-state index contributed by atoms with van der Waals surface area (Å²) in [6.45, 7) is 0.108. The Labute approximate surface area is 181 Å². The number of amides is 1. The molecule has 1 amide bonds. The molecule has 170 valence electrons. The van der Waals surface area contributed by atoms with Crippen LogP contribution < -0.4 is 20.5 Å². The second-order valence-electron chi connectivity index (χ2n) is 6.79. The van der Waals surface area contributed by atoms with Crippen LogP contribution in [-0.2, 0) is 19.8 Å². The molecule has 0 bridgehead atoms. The minimum absolute atomic E-state index is 0.0324. The van der Waals surface area contributed by atoms with Gasteiger partial charge in [-0.25, -0.2) is 9.48 Å². The largest absolute Gasteiger partial charge is 0.493 e. The van der Waals surface area contributed by atoms with E-state index in [-0.39, 0.29) is 24.5 Å². The number of aromatic nitrogens is 3. The molecule has 0 unspecified atom stereocenters. The van der Waals surface area contributed by atoms with Crippen LogP contribution in [0.3, 0.4) is 0 Å². The SMILES string of the molecule is COc1ccc(C(=O)NCCn2nc(-c3cccc(C(F)(F)F)c3)n(C)c2=O)cc1OC. The molecule has 0 fully saturated rings. The van der Waals surface area contributed by atoms with E-state index in [1.807, 2.05) is 0 Å². The zero-order valence-corrected chi connectivity index (χ0v) is 17.6. The molecule has 1 heterocycles. The lowest BCUT2D eigenvalue weighted by atomic mass is 10.1. The predicted octanol–water partition coefficient (Wildman–Crippen LogP) is 2.71. The average Bonchev–Trinajstić information content (AvgIpc) is 3.06. The molecule has 0 aliphatic rings. The Morgan fingerprint density at radius 1 is 1.09 bits per heavy atom. The van der Waals surface area contributed by atoms with E-state index in [1.54, 1.807) is 12.1 Å². The number of hydrogen-bond acceptors (Lipinski definition) is 5. The molecule has 1 N–H and O–H groups in total. The van der Waals surface area contributed by atoms with E-state index in [2.05, 4.69) is 10.4 Å². The van der Waals surface area contributed by atoms with Crippen molar-refractivity contribution < 1.29 is 27.4 Å². The minimum atomic E-state index is -4.51. The molecule has 2 aromatic carbocycles. The first-order valence-corrected chi connectivity index (χ1v) is 9.47. The van der Waals surface area contributed by atoms with Crippen LogP contribution >= 0.6 is 0 Å². The van der Waals surface area contributed by atoms with E-state index < -0.39 is 23.3 Å². The van der Waals surface area contributed by atoms with Crippen LogP contribution in [0.15, 0.2) is 47.3 Å². The highest BCUT2D eigenvalue weighted by Crippen LogP contribution is 2.31. The molecule has 0 radical (unpaired) electrons. The maximum atomic E-state index is 13.0. The van der Waals surface area contributed by atoms with Crippen LogP contribution in [0.2, 0.25) is 0 Å². The molecular formula is C21H21F3N4O4. The molecule has 3 rings (SSSR count). The number of carbonyl (C=O) groups is 1. The highest BCUT2D eigenvalue weighted by atomic mass is 19.4. The molecular weight excluding hydrogens is 429 g/mol. The van der Waals surface area contributed by atoms with Gasteiger partial charge in [0.1, 0.15) is 0 Å². The first kappa shape index (κ1) is 22.9. The normalized spacial score (nSPS) is 11.3. The Morgan fingerprint density at radius 2 is 1.81 bits per heavy atom. The summed E-state index contributed by atoms with van der Waals surface area (Å²) in [5.41, 5.74) is -0.856. The van der Waals surface area contributed by atoms with Gasteiger partial charge in [-0.15, -0.1) is 5.10 Å². The first-order valence-electron chi connectivity index (χ1n) is 9.47. The van der Waals surface area contributed by atoms with Crippen molar-refractivity contribution >= 4 is 5.91 Å². The van der Waals surface area contributed by atoms with Crippen molar-refractivity contribution in [3.05, 3.63) is 64.1 Å². The highest BCUT2D eigenvalue weighted by molar-refractivity contribution is 5.94. The highest BCUT2D eigenvalue weighted by Gasteiger charge is 2.31. The van der Waals surface area contributed by atoms with Crippen LogP contribution in [0.4, 0.5) is 13.2 Å². The van der Waals surface area contributed by atoms with Crippen molar-refractivity contribution in [3.63, 3.8) is 0 Å². The van der Waals surface area contributed by atoms with Gasteiger partial charge in [0.05, 0.1) is 26.3 Å². The van der Waals surface area contributed by atoms with E-state index in [9.17, 15) is 22.8 Å². The van der Waals surface area contributed by atoms with Gasteiger partial charge in [0.25, 0.3) is 5.91 Å². The van der Waals surface area contributed by atoms with Gasteiger partial charge in [-0.3, -0.25) is 9.36 Å². The Balaban J connectivity index is 1.72. The van der Waals surface area contributed by atoms with Crippen molar-refractivity contribution in [2.75, 3.05) is 20.8 Å². The lowest BCUT2D eigenvalue weighted by molar-refractivity contribution is -0.137. The Hall–Kier alpha value is -3.76. The van der Waals surface area contributed by atoms with Gasteiger partial charge in [0.15, 0.2) is 17.3 Å². The van der Waals surface area contributed by atoms with Crippen molar-refractivity contribution in [1.82, 2.24) is 19.7 Å². The maximum Gasteiger partial charge on any atom is 0.416 e. The van der Waals surface area contributed by atoms with Gasteiger partial charge < -0.3 is 14.8 Å². The molecule has 0 aliphatic carbocycles. The molecule has 0 saturated heterocycles. The summed E-state index contributed by atoms with van der Waals surface area (Å²) in [6, 6.07) is 9.26. The molecule has 0 saturated carbocycles. The number of alkyl halides is 3. The summed E-state index contributed by atoms with van der Waals surface area (Å²) < 4.78 is 51.5. The van der Waals surface area contributed by atoms with Crippen LogP contribution in [0.25, 0.3) is 11.4 Å². The summed E-state index contributed by atoms with van der Waals surface area (Å²) >= 11 is 0. The number of methoxy groups -OCH3 is 2. The lowest BCUT2D eigenvalue weighted by Gasteiger charge is -2.10. The minimum Gasteiger partial charge on any atom is -0.493 e. The molecule has 8 nitrogen and oxygen atoms in total. The van der Waals surface area contributed by atoms with Gasteiger partial charge in [0, 0.05) is 24.7 Å². The third kappa shape index (κ3) is 4.76. The van der Waals surface area contributed by atoms with Gasteiger partial charge >= 0.3 is 11.9 Å². The monoisotopic (exact) mass is 450 g/mol. The van der Waals surface area contributed by atoms with Crippen LogP contribution in [0.1, 0.15) is 15.9 Å². The van der Waals surface area contributed by atoms with E-state index in [1.165, 1.54) is 39.5 Å². The number of benzene rings is 2. The van der Waals surface area contributed by atoms with Gasteiger partial charge in [0.2, 0.25) is 0 Å². The molecule has 3 aromatic rings. The van der Waals surface area contributed by atoms with Gasteiger partial charge in [-0.1, -0.05) is 12.1 Å². The predicted molar refractivity (Wildman–Crippen MR) is 110 cm³/mol. The summed E-state index contributed by atoms with van der Waals surface area (Å²) in [4.78, 5) is 24.8. The van der Waals surface area contributed by atoms with Crippen molar-refractivity contribution in [2.24, 2.45) is 7.05 Å². The molecule has 0 aliphatic heterocycles. The quantitative estimate of drug-likeness (QED) is 0.598. The Kier molecular flexibility index (Phi) is 6.56. The number of nitrogens with one attached hydrogen (secondary N) is 1. The van der Waals surface area contributed by atoms with E-state index in [0.717, 1.165) is 21.4 Å². The fraction of sp³-hybridized carbons (Fsp3) is 0.286. The summed E-state index contributed by atoms with van der Waals surface area (Å²) in [5, 5.41) is 6.80. The molecule has 0 spiro atoms. The second kappa shape index (κ2) is 9.16. The van der Waals surface area contributed by atoms with E-state index in [0.29, 0.717) is 17.1 Å². The summed E-state index contributed by atoms with van der Waals surface area (Å²) in [7, 11) is 4.36. The van der Waals surface area contributed by atoms with Crippen LogP contribution in [0.5, 0.6) is 11.5 Å². The van der Waals surface area contributed by atoms with Gasteiger partial charge in [-0.2, -0.15) is 13.2 Å². The molecule has 1 aromatic heterocycles. The zero-order chi connectivity index (χ0) is 23.5. The van der Waals surface area contributed by atoms with Gasteiger partial charge in [-0.05, 0) is 30.3 Å². The van der Waals surface area contributed by atoms with E-state index in [4.69, 9.17) is 9.47 Å². The summed E-state index contributed by atoms with van der Waals surface area (Å²) in [5.74, 6) is 0.568. The van der Waals surface area contributed by atoms with E-state index >= 15 is 0 Å². The third-order valence-electron chi connectivity index (χ3n) is 4.74. The standard InChI is InChI=1S/C21H21F3N4O4/c1-27-18(13-5-4-6-15(11-13)21(22,23)24)26-28(20(27)30)10-9-25-19(29)14-7-8-16(31-2)17(12-14)32-3/h4-8,11-12H,9-10H2,1-3H3,(H,25,29). The topological polar surface area (TPSA) is 87.4 Å². The second-order valence-corrected chi connectivity index (χ2v) is 6.79. The molecule has 0 atom stereocenters. The lowest BCUT2D eigenvalue weighted by Crippen LogP contribution is -2.31. The molecule has 32 heavy (non-hydrogen) atoms. The Bertz CT molecular complexity index is 1180. The maximum absolute atomic E-state index is 13.0. The first-order chi connectivity index (χ1) is 15.2. The number of rotatable bonds is 7. The van der Waals surface area contributed by atoms with Crippen LogP contribution in [0, 0.1) is 0 Å². The van der Waals surface area contributed by atoms with Crippen molar-refractivity contribution in [2.45, 2.75) is 12.7 Å². The van der Waals surface area contributed by atoms with Crippen molar-refractivity contribution in [3.8, 4) is 22.9 Å². The zero-order valence-electron chi connectivity index (χ0n) is 17.6. The van der Waals surface area contributed by atoms with Crippen molar-refractivity contribution in [1.29, 1.82) is 0 Å². The fourth-order valence-electron chi connectivity index (χ4n) is 3.07. The Morgan fingerprint density at radius 3 is 2.47 bits per heavy atom. The van der Waals surface area contributed by atoms with Crippen LogP contribution in [-0.4, -0.2) is 41.0 Å². The number of carbonyl (C=O) groups excluding carboxylic acids is 1. The number of ether oxygens (including phenoxy) is 2. The summed E-state index contributed by atoms with van der Waals surface area (Å²) in [6.07, 6.45) is -4.51. The smallest absolute Gasteiger partial charge is 0.416 e. The fourth-order valence-corrected chi connectivity index (χ4v) is 3.07.